The fourth-order valence-electron chi connectivity index (χ4n) is 1.54. The molecule has 1 aromatic heterocycles. The van der Waals surface area contributed by atoms with Crippen molar-refractivity contribution in [2.24, 2.45) is 0 Å². The summed E-state index contributed by atoms with van der Waals surface area (Å²) >= 11 is 0. The number of ether oxygens (including phenoxy) is 1. The monoisotopic (exact) mass is 243 g/mol. The van der Waals surface area contributed by atoms with Gasteiger partial charge in [0.1, 0.15) is 5.75 Å². The minimum Gasteiger partial charge on any atom is -0.439 e. The second-order valence-electron chi connectivity index (χ2n) is 4.10. The van der Waals surface area contributed by atoms with E-state index in [9.17, 15) is 0 Å². The van der Waals surface area contributed by atoms with Crippen LogP contribution in [0.2, 0.25) is 0 Å². The lowest BCUT2D eigenvalue weighted by atomic mass is 10.1. The molecule has 0 bridgehead atoms. The Morgan fingerprint density at radius 3 is 2.72 bits per heavy atom. The van der Waals surface area contributed by atoms with Gasteiger partial charge in [0.25, 0.3) is 0 Å². The first kappa shape index (κ1) is 12.4. The summed E-state index contributed by atoms with van der Waals surface area (Å²) in [4.78, 5) is 8.37. The SMILES string of the molecule is CCNc1nccc(Oc2ccc(C)c(C)c2)n1. The van der Waals surface area contributed by atoms with Crippen LogP contribution in [0.3, 0.4) is 0 Å². The molecule has 0 radical (unpaired) electrons. The second kappa shape index (κ2) is 5.49. The summed E-state index contributed by atoms with van der Waals surface area (Å²) in [5.74, 6) is 1.92. The Balaban J connectivity index is 2.17. The van der Waals surface area contributed by atoms with Gasteiger partial charge in [-0.15, -0.1) is 0 Å². The zero-order valence-corrected chi connectivity index (χ0v) is 10.9. The minimum atomic E-state index is 0.546. The highest BCUT2D eigenvalue weighted by molar-refractivity contribution is 5.36. The van der Waals surface area contributed by atoms with Crippen LogP contribution in [0.4, 0.5) is 5.95 Å². The average Bonchev–Trinajstić information content (AvgIpc) is 2.35. The van der Waals surface area contributed by atoms with Crippen LogP contribution in [0.1, 0.15) is 18.1 Å². The molecule has 0 spiro atoms. The number of nitrogens with zero attached hydrogens (tertiary/aromatic N) is 2. The van der Waals surface area contributed by atoms with Crippen molar-refractivity contribution < 1.29 is 4.74 Å². The molecular formula is C14H17N3O. The van der Waals surface area contributed by atoms with Gasteiger partial charge in [0.05, 0.1) is 0 Å². The van der Waals surface area contributed by atoms with Crippen LogP contribution in [0.25, 0.3) is 0 Å². The van der Waals surface area contributed by atoms with Crippen molar-refractivity contribution in [1.29, 1.82) is 0 Å². The van der Waals surface area contributed by atoms with Gasteiger partial charge in [-0.1, -0.05) is 6.07 Å². The Hall–Kier alpha value is -2.10. The normalized spacial score (nSPS) is 10.2. The summed E-state index contributed by atoms with van der Waals surface area (Å²) in [6.45, 7) is 6.92. The Bertz CT molecular complexity index is 540. The number of anilines is 1. The lowest BCUT2D eigenvalue weighted by Crippen LogP contribution is -2.02. The van der Waals surface area contributed by atoms with Crippen molar-refractivity contribution in [3.05, 3.63) is 41.6 Å². The summed E-state index contributed by atoms with van der Waals surface area (Å²) in [6, 6.07) is 7.73. The third kappa shape index (κ3) is 2.97. The van der Waals surface area contributed by atoms with E-state index in [0.717, 1.165) is 12.3 Å². The molecule has 0 aliphatic carbocycles. The first-order valence-electron chi connectivity index (χ1n) is 6.01. The maximum atomic E-state index is 5.71. The summed E-state index contributed by atoms with van der Waals surface area (Å²) in [6.07, 6.45) is 1.68. The highest BCUT2D eigenvalue weighted by Gasteiger charge is 2.02. The van der Waals surface area contributed by atoms with Crippen LogP contribution in [0.5, 0.6) is 11.6 Å². The van der Waals surface area contributed by atoms with E-state index in [2.05, 4.69) is 29.1 Å². The lowest BCUT2D eigenvalue weighted by Gasteiger charge is -2.08. The highest BCUT2D eigenvalue weighted by atomic mass is 16.5. The van der Waals surface area contributed by atoms with Crippen molar-refractivity contribution >= 4 is 5.95 Å². The van der Waals surface area contributed by atoms with Crippen LogP contribution < -0.4 is 10.1 Å². The molecule has 0 unspecified atom stereocenters. The molecule has 0 saturated carbocycles. The molecule has 94 valence electrons. The molecule has 0 atom stereocenters. The number of benzene rings is 1. The zero-order valence-electron chi connectivity index (χ0n) is 10.9. The van der Waals surface area contributed by atoms with Gasteiger partial charge >= 0.3 is 0 Å². The van der Waals surface area contributed by atoms with Crippen LogP contribution in [0.15, 0.2) is 30.5 Å². The molecule has 2 aromatic rings. The highest BCUT2D eigenvalue weighted by Crippen LogP contribution is 2.22. The molecule has 1 N–H and O–H groups in total. The largest absolute Gasteiger partial charge is 0.439 e. The first-order valence-corrected chi connectivity index (χ1v) is 6.01. The first-order chi connectivity index (χ1) is 8.69. The van der Waals surface area contributed by atoms with E-state index in [-0.39, 0.29) is 0 Å². The van der Waals surface area contributed by atoms with Gasteiger partial charge in [-0.25, -0.2) is 4.98 Å². The van der Waals surface area contributed by atoms with Crippen molar-refractivity contribution in [3.63, 3.8) is 0 Å². The minimum absolute atomic E-state index is 0.546. The summed E-state index contributed by atoms with van der Waals surface area (Å²) in [7, 11) is 0. The van der Waals surface area contributed by atoms with Crippen molar-refractivity contribution in [1.82, 2.24) is 9.97 Å². The van der Waals surface area contributed by atoms with Gasteiger partial charge in [0.2, 0.25) is 11.8 Å². The smallest absolute Gasteiger partial charge is 0.225 e. The zero-order chi connectivity index (χ0) is 13.0. The van der Waals surface area contributed by atoms with Crippen molar-refractivity contribution in [3.8, 4) is 11.6 Å². The Kier molecular flexibility index (Phi) is 3.77. The molecule has 4 heteroatoms. The molecule has 2 rings (SSSR count). The third-order valence-electron chi connectivity index (χ3n) is 2.67. The summed E-state index contributed by atoms with van der Waals surface area (Å²) < 4.78 is 5.71. The predicted molar refractivity (Wildman–Crippen MR) is 72.2 cm³/mol. The average molecular weight is 243 g/mol. The molecule has 1 aromatic carbocycles. The van der Waals surface area contributed by atoms with Crippen LogP contribution >= 0.6 is 0 Å². The molecule has 0 amide bonds. The van der Waals surface area contributed by atoms with E-state index in [1.54, 1.807) is 12.3 Å². The van der Waals surface area contributed by atoms with Crippen LogP contribution in [0, 0.1) is 13.8 Å². The third-order valence-corrected chi connectivity index (χ3v) is 2.67. The fraction of sp³-hybridized carbons (Fsp3) is 0.286. The number of rotatable bonds is 4. The van der Waals surface area contributed by atoms with Gasteiger partial charge < -0.3 is 10.1 Å². The van der Waals surface area contributed by atoms with E-state index in [4.69, 9.17) is 4.74 Å². The molecule has 4 nitrogen and oxygen atoms in total. The summed E-state index contributed by atoms with van der Waals surface area (Å²) in [5, 5.41) is 3.05. The maximum absolute atomic E-state index is 5.71. The van der Waals surface area contributed by atoms with E-state index in [1.165, 1.54) is 11.1 Å². The van der Waals surface area contributed by atoms with E-state index in [1.807, 2.05) is 25.1 Å². The van der Waals surface area contributed by atoms with E-state index in [0.29, 0.717) is 11.8 Å². The van der Waals surface area contributed by atoms with Gasteiger partial charge in [0.15, 0.2) is 0 Å². The van der Waals surface area contributed by atoms with Crippen LogP contribution in [-0.4, -0.2) is 16.5 Å². The Labute approximate surface area is 107 Å². The maximum Gasteiger partial charge on any atom is 0.225 e. The lowest BCUT2D eigenvalue weighted by molar-refractivity contribution is 0.462. The van der Waals surface area contributed by atoms with E-state index >= 15 is 0 Å². The van der Waals surface area contributed by atoms with Gasteiger partial charge in [-0.05, 0) is 44.0 Å². The molecule has 0 saturated heterocycles. The van der Waals surface area contributed by atoms with Gasteiger partial charge in [-0.2, -0.15) is 4.98 Å². The Morgan fingerprint density at radius 1 is 1.17 bits per heavy atom. The summed E-state index contributed by atoms with van der Waals surface area (Å²) in [5.41, 5.74) is 2.45. The number of aryl methyl sites for hydroxylation is 2. The molecule has 0 fully saturated rings. The molecular weight excluding hydrogens is 226 g/mol. The quantitative estimate of drug-likeness (QED) is 0.894. The number of nitrogens with one attached hydrogen (secondary N) is 1. The Morgan fingerprint density at radius 2 is 2.00 bits per heavy atom. The topological polar surface area (TPSA) is 47.0 Å². The number of aromatic nitrogens is 2. The van der Waals surface area contributed by atoms with Crippen molar-refractivity contribution in [2.45, 2.75) is 20.8 Å². The number of hydrogen-bond donors (Lipinski definition) is 1. The molecule has 0 aliphatic rings. The van der Waals surface area contributed by atoms with E-state index < -0.39 is 0 Å². The van der Waals surface area contributed by atoms with Crippen molar-refractivity contribution in [2.75, 3.05) is 11.9 Å². The second-order valence-corrected chi connectivity index (χ2v) is 4.10. The van der Waals surface area contributed by atoms with Crippen LogP contribution in [-0.2, 0) is 0 Å². The number of hydrogen-bond acceptors (Lipinski definition) is 4. The van der Waals surface area contributed by atoms with Gasteiger partial charge in [0, 0.05) is 18.8 Å². The molecule has 1 heterocycles. The standard InChI is InChI=1S/C14H17N3O/c1-4-15-14-16-8-7-13(17-14)18-12-6-5-10(2)11(3)9-12/h5-9H,4H2,1-3H3,(H,15,16,17). The molecule has 0 aliphatic heterocycles. The molecule has 18 heavy (non-hydrogen) atoms. The fourth-order valence-corrected chi connectivity index (χ4v) is 1.54. The van der Waals surface area contributed by atoms with Gasteiger partial charge in [-0.3, -0.25) is 0 Å². The predicted octanol–water partition coefficient (Wildman–Crippen LogP) is 3.32.